The minimum atomic E-state index is -2.17. The average molecular weight is 160 g/mol. The van der Waals surface area contributed by atoms with E-state index in [2.05, 4.69) is 0 Å². The quantitative estimate of drug-likeness (QED) is 0.183. The van der Waals surface area contributed by atoms with Gasteiger partial charge in [-0.3, -0.25) is 0 Å². The number of rotatable bonds is 0. The van der Waals surface area contributed by atoms with Gasteiger partial charge >= 0.3 is 38.1 Å². The molecule has 11 heavy (non-hydrogen) atoms. The summed E-state index contributed by atoms with van der Waals surface area (Å²) in [4.78, 5) is 18.2. The molecule has 0 heterocycles. The molecule has 0 saturated heterocycles. The van der Waals surface area contributed by atoms with Crippen molar-refractivity contribution >= 4 is 38.1 Å². The molecule has 0 aromatic carbocycles. The van der Waals surface area contributed by atoms with Crippen molar-refractivity contribution < 1.29 is 34.9 Å². The van der Waals surface area contributed by atoms with Crippen molar-refractivity contribution in [2.75, 3.05) is 0 Å². The second-order valence-electron chi connectivity index (χ2n) is 0.957. The van der Waals surface area contributed by atoms with Crippen LogP contribution in [0.25, 0.3) is 0 Å². The first-order valence-corrected chi connectivity index (χ1v) is 1.88. The van der Waals surface area contributed by atoms with Crippen molar-refractivity contribution in [2.24, 2.45) is 0 Å². The van der Waals surface area contributed by atoms with Crippen LogP contribution in [0.15, 0.2) is 0 Å². The van der Waals surface area contributed by atoms with Crippen molar-refractivity contribution in [1.82, 2.24) is 0 Å². The summed E-state index contributed by atoms with van der Waals surface area (Å²) in [7, 11) is -2.17. The summed E-state index contributed by atoms with van der Waals surface area (Å²) in [6.07, 6.45) is 0. The van der Waals surface area contributed by atoms with Crippen LogP contribution in [0.5, 0.6) is 0 Å². The molecular formula is C2H6BLiO7. The summed E-state index contributed by atoms with van der Waals surface area (Å²) in [5.74, 6) is -3.65. The SMILES string of the molecule is O=C(O)C(=O)O.OB(O)O.[LiH]. The Morgan fingerprint density at radius 3 is 1.00 bits per heavy atom. The van der Waals surface area contributed by atoms with Crippen LogP contribution in [0.2, 0.25) is 0 Å². The van der Waals surface area contributed by atoms with Crippen LogP contribution >= 0.6 is 0 Å². The van der Waals surface area contributed by atoms with Crippen LogP contribution in [0.3, 0.4) is 0 Å². The number of aliphatic carboxylic acids is 2. The van der Waals surface area contributed by atoms with E-state index in [1.54, 1.807) is 0 Å². The van der Waals surface area contributed by atoms with Crippen LogP contribution in [-0.2, 0) is 9.59 Å². The zero-order valence-electron chi connectivity index (χ0n) is 4.63. The fourth-order valence-electron chi connectivity index (χ4n) is 0. The molecule has 0 atom stereocenters. The van der Waals surface area contributed by atoms with Crippen LogP contribution in [-0.4, -0.2) is 63.4 Å². The van der Waals surface area contributed by atoms with Gasteiger partial charge in [0.05, 0.1) is 0 Å². The number of hydrogen-bond acceptors (Lipinski definition) is 5. The summed E-state index contributed by atoms with van der Waals surface area (Å²) in [5.41, 5.74) is 0. The Labute approximate surface area is 73.6 Å². The Hall–Kier alpha value is -0.518. The predicted molar refractivity (Wildman–Crippen MR) is 34.8 cm³/mol. The summed E-state index contributed by atoms with van der Waals surface area (Å²) >= 11 is 0. The first-order valence-electron chi connectivity index (χ1n) is 1.88. The van der Waals surface area contributed by atoms with E-state index in [0.717, 1.165) is 0 Å². The monoisotopic (exact) mass is 160 g/mol. The standard InChI is InChI=1S/C2H2O4.BH3O3.Li.H/c3-1(4)2(5)6;2-1(3)4;;/h(H,3,4)(H,5,6);2-4H;;. The van der Waals surface area contributed by atoms with Gasteiger partial charge in [-0.05, 0) is 0 Å². The molecular weight excluding hydrogens is 154 g/mol. The number of carbonyl (C=O) groups is 2. The van der Waals surface area contributed by atoms with E-state index in [9.17, 15) is 0 Å². The van der Waals surface area contributed by atoms with Gasteiger partial charge in [0.2, 0.25) is 0 Å². The second-order valence-corrected chi connectivity index (χ2v) is 0.957. The van der Waals surface area contributed by atoms with Crippen molar-refractivity contribution in [1.29, 1.82) is 0 Å². The summed E-state index contributed by atoms with van der Waals surface area (Å²) < 4.78 is 0. The van der Waals surface area contributed by atoms with Gasteiger partial charge in [-0.25, -0.2) is 9.59 Å². The second kappa shape index (κ2) is 9.48. The van der Waals surface area contributed by atoms with Crippen LogP contribution in [0, 0.1) is 0 Å². The van der Waals surface area contributed by atoms with Crippen molar-refractivity contribution in [2.45, 2.75) is 0 Å². The van der Waals surface area contributed by atoms with Crippen molar-refractivity contribution in [3.8, 4) is 0 Å². The van der Waals surface area contributed by atoms with E-state index in [1.165, 1.54) is 0 Å². The molecule has 0 fully saturated rings. The summed E-state index contributed by atoms with van der Waals surface area (Å²) in [6, 6.07) is 0. The molecule has 5 N–H and O–H groups in total. The zero-order chi connectivity index (χ0) is 8.73. The first-order chi connectivity index (χ1) is 4.37. The van der Waals surface area contributed by atoms with Crippen molar-refractivity contribution in [3.05, 3.63) is 0 Å². The van der Waals surface area contributed by atoms with E-state index in [4.69, 9.17) is 34.9 Å². The first kappa shape index (κ1) is 16.8. The zero-order valence-corrected chi connectivity index (χ0v) is 4.63. The van der Waals surface area contributed by atoms with Crippen LogP contribution < -0.4 is 0 Å². The van der Waals surface area contributed by atoms with Gasteiger partial charge in [0.15, 0.2) is 0 Å². The van der Waals surface area contributed by atoms with Crippen LogP contribution in [0.4, 0.5) is 0 Å². The molecule has 0 aliphatic rings. The Morgan fingerprint density at radius 1 is 0.909 bits per heavy atom. The fraction of sp³-hybridized carbons (Fsp3) is 0. The number of carboxylic acids is 2. The summed E-state index contributed by atoms with van der Waals surface area (Å²) in [6.45, 7) is 0. The fourth-order valence-corrected chi connectivity index (χ4v) is 0. The van der Waals surface area contributed by atoms with Gasteiger partial charge in [-0.2, -0.15) is 0 Å². The van der Waals surface area contributed by atoms with Gasteiger partial charge in [-0.15, -0.1) is 0 Å². The molecule has 0 aromatic heterocycles. The molecule has 0 aliphatic heterocycles. The van der Waals surface area contributed by atoms with Gasteiger partial charge in [-0.1, -0.05) is 0 Å². The number of hydrogen-bond donors (Lipinski definition) is 5. The maximum absolute atomic E-state index is 9.10. The molecule has 0 radical (unpaired) electrons. The van der Waals surface area contributed by atoms with Gasteiger partial charge in [0, 0.05) is 0 Å². The third kappa shape index (κ3) is 43.8. The normalized spacial score (nSPS) is 6.45. The molecule has 9 heteroatoms. The van der Waals surface area contributed by atoms with E-state index < -0.39 is 19.3 Å². The molecule has 0 rings (SSSR count). The van der Waals surface area contributed by atoms with Crippen LogP contribution in [0.1, 0.15) is 0 Å². The van der Waals surface area contributed by atoms with E-state index in [1.807, 2.05) is 0 Å². The molecule has 0 bridgehead atoms. The topological polar surface area (TPSA) is 135 Å². The summed E-state index contributed by atoms with van der Waals surface area (Å²) in [5, 5.41) is 36.3. The molecule has 0 unspecified atom stereocenters. The van der Waals surface area contributed by atoms with E-state index in [0.29, 0.717) is 0 Å². The van der Waals surface area contributed by atoms with Gasteiger partial charge < -0.3 is 25.3 Å². The molecule has 7 nitrogen and oxygen atoms in total. The average Bonchev–Trinajstić information content (AvgIpc) is 1.63. The van der Waals surface area contributed by atoms with E-state index in [-0.39, 0.29) is 18.9 Å². The Balaban J connectivity index is -0.000000114. The Morgan fingerprint density at radius 2 is 1.00 bits per heavy atom. The predicted octanol–water partition coefficient (Wildman–Crippen LogP) is -3.54. The Kier molecular flexibility index (Phi) is 14.5. The minimum absolute atomic E-state index is 0. The molecule has 0 saturated carbocycles. The Bertz CT molecular complexity index is 109. The van der Waals surface area contributed by atoms with Crippen molar-refractivity contribution in [3.63, 3.8) is 0 Å². The van der Waals surface area contributed by atoms with Gasteiger partial charge in [0.25, 0.3) is 0 Å². The number of carboxylic acid groups (broad SMARTS) is 2. The third-order valence-electron chi connectivity index (χ3n) is 0.183. The van der Waals surface area contributed by atoms with Gasteiger partial charge in [0.1, 0.15) is 0 Å². The third-order valence-corrected chi connectivity index (χ3v) is 0.183. The molecule has 0 aliphatic carbocycles. The molecule has 0 aromatic rings. The molecule has 60 valence electrons. The van der Waals surface area contributed by atoms with E-state index >= 15 is 0 Å². The maximum atomic E-state index is 9.10. The molecule has 0 spiro atoms. The molecule has 0 amide bonds.